The molecule has 0 spiro atoms. The van der Waals surface area contributed by atoms with Gasteiger partial charge in [0.2, 0.25) is 0 Å². The lowest BCUT2D eigenvalue weighted by Crippen LogP contribution is -2.30. The van der Waals surface area contributed by atoms with Crippen LogP contribution in [0.4, 0.5) is 0 Å². The topological polar surface area (TPSA) is 64.3 Å². The molecule has 1 atom stereocenters. The van der Waals surface area contributed by atoms with Gasteiger partial charge in [-0.15, -0.1) is 0 Å². The standard InChI is InChI=1S/C8H11N2O3/c1-13-6-7(11)5-10-8(12)3-2-4-9-10/h2-3,7,11H,5-6H2,1H3/t7-/m0/s1. The van der Waals surface area contributed by atoms with Crippen LogP contribution in [0.15, 0.2) is 16.9 Å². The van der Waals surface area contributed by atoms with Crippen LogP contribution in [0.1, 0.15) is 0 Å². The Balaban J connectivity index is 2.63. The van der Waals surface area contributed by atoms with Crippen molar-refractivity contribution >= 4 is 0 Å². The number of methoxy groups -OCH3 is 1. The van der Waals surface area contributed by atoms with E-state index in [-0.39, 0.29) is 18.7 Å². The van der Waals surface area contributed by atoms with Crippen molar-refractivity contribution in [3.63, 3.8) is 0 Å². The number of hydrogen-bond donors (Lipinski definition) is 1. The fourth-order valence-electron chi connectivity index (χ4n) is 0.922. The lowest BCUT2D eigenvalue weighted by atomic mass is 10.4. The van der Waals surface area contributed by atoms with E-state index in [1.807, 2.05) is 0 Å². The van der Waals surface area contributed by atoms with Gasteiger partial charge in [0.25, 0.3) is 5.56 Å². The number of hydrogen-bond acceptors (Lipinski definition) is 4. The summed E-state index contributed by atoms with van der Waals surface area (Å²) >= 11 is 0. The van der Waals surface area contributed by atoms with Crippen LogP contribution in [-0.2, 0) is 11.3 Å². The average molecular weight is 183 g/mol. The van der Waals surface area contributed by atoms with Gasteiger partial charge in [0.05, 0.1) is 19.3 Å². The Morgan fingerprint density at radius 2 is 2.62 bits per heavy atom. The first-order valence-corrected chi connectivity index (χ1v) is 3.85. The Bertz CT molecular complexity index is 310. The summed E-state index contributed by atoms with van der Waals surface area (Å²) in [5, 5.41) is 13.0. The third-order valence-corrected chi connectivity index (χ3v) is 1.48. The van der Waals surface area contributed by atoms with E-state index in [0.717, 1.165) is 4.68 Å². The number of aliphatic hydroxyl groups is 1. The number of rotatable bonds is 4. The van der Waals surface area contributed by atoms with Crippen molar-refractivity contribution < 1.29 is 9.84 Å². The van der Waals surface area contributed by atoms with Crippen LogP contribution < -0.4 is 5.56 Å². The zero-order chi connectivity index (χ0) is 9.68. The molecule has 0 unspecified atom stereocenters. The van der Waals surface area contributed by atoms with Gasteiger partial charge in [-0.2, -0.15) is 5.10 Å². The Labute approximate surface area is 75.6 Å². The molecular weight excluding hydrogens is 172 g/mol. The molecule has 1 heterocycles. The van der Waals surface area contributed by atoms with Gasteiger partial charge < -0.3 is 9.84 Å². The van der Waals surface area contributed by atoms with E-state index in [1.54, 1.807) is 0 Å². The summed E-state index contributed by atoms with van der Waals surface area (Å²) in [6.45, 7) is 0.313. The molecule has 0 aliphatic heterocycles. The smallest absolute Gasteiger partial charge is 0.266 e. The van der Waals surface area contributed by atoms with Crippen molar-refractivity contribution in [2.75, 3.05) is 13.7 Å². The molecule has 1 aromatic rings. The molecule has 0 aliphatic rings. The van der Waals surface area contributed by atoms with E-state index in [2.05, 4.69) is 11.3 Å². The maximum atomic E-state index is 11.1. The molecule has 5 heteroatoms. The molecule has 13 heavy (non-hydrogen) atoms. The summed E-state index contributed by atoms with van der Waals surface area (Å²) in [5.74, 6) is 0. The van der Waals surface area contributed by atoms with Gasteiger partial charge in [-0.3, -0.25) is 4.79 Å². The number of aromatic nitrogens is 2. The largest absolute Gasteiger partial charge is 0.389 e. The minimum atomic E-state index is -0.717. The molecule has 0 aliphatic carbocycles. The van der Waals surface area contributed by atoms with E-state index < -0.39 is 6.10 Å². The zero-order valence-electron chi connectivity index (χ0n) is 7.30. The molecule has 0 saturated heterocycles. The first-order valence-electron chi connectivity index (χ1n) is 3.85. The summed E-state index contributed by atoms with van der Waals surface area (Å²) in [4.78, 5) is 11.1. The first-order chi connectivity index (χ1) is 6.24. The van der Waals surface area contributed by atoms with Crippen molar-refractivity contribution in [2.45, 2.75) is 12.6 Å². The number of aliphatic hydroxyl groups excluding tert-OH is 1. The van der Waals surface area contributed by atoms with Gasteiger partial charge >= 0.3 is 0 Å². The van der Waals surface area contributed by atoms with Crippen LogP contribution in [0.5, 0.6) is 0 Å². The fourth-order valence-corrected chi connectivity index (χ4v) is 0.922. The molecule has 1 rings (SSSR count). The summed E-state index contributed by atoms with van der Waals surface area (Å²) in [6, 6.07) is 2.77. The molecule has 1 radical (unpaired) electrons. The van der Waals surface area contributed by atoms with Crippen LogP contribution in [0.3, 0.4) is 0 Å². The van der Waals surface area contributed by atoms with Gasteiger partial charge in [0.1, 0.15) is 6.20 Å². The highest BCUT2D eigenvalue weighted by Crippen LogP contribution is 1.86. The van der Waals surface area contributed by atoms with Gasteiger partial charge in [-0.05, 0) is 6.07 Å². The Morgan fingerprint density at radius 1 is 1.85 bits per heavy atom. The van der Waals surface area contributed by atoms with Crippen molar-refractivity contribution in [2.24, 2.45) is 0 Å². The fraction of sp³-hybridized carbons (Fsp3) is 0.500. The van der Waals surface area contributed by atoms with Crippen LogP contribution in [0.25, 0.3) is 0 Å². The first kappa shape index (κ1) is 9.88. The Morgan fingerprint density at radius 3 is 3.23 bits per heavy atom. The second-order valence-electron chi connectivity index (χ2n) is 2.59. The van der Waals surface area contributed by atoms with E-state index in [9.17, 15) is 9.90 Å². The molecule has 0 bridgehead atoms. The molecule has 71 valence electrons. The second-order valence-corrected chi connectivity index (χ2v) is 2.59. The minimum absolute atomic E-state index is 0.129. The van der Waals surface area contributed by atoms with Crippen molar-refractivity contribution in [1.29, 1.82) is 0 Å². The maximum Gasteiger partial charge on any atom is 0.266 e. The second kappa shape index (κ2) is 4.74. The molecule has 1 aromatic heterocycles. The predicted octanol–water partition coefficient (Wildman–Crippen LogP) is -0.949. The maximum absolute atomic E-state index is 11.1. The normalized spacial score (nSPS) is 12.8. The van der Waals surface area contributed by atoms with Crippen molar-refractivity contribution in [1.82, 2.24) is 9.78 Å². The third-order valence-electron chi connectivity index (χ3n) is 1.48. The highest BCUT2D eigenvalue weighted by atomic mass is 16.5. The quantitative estimate of drug-likeness (QED) is 0.653. The summed E-state index contributed by atoms with van der Waals surface area (Å²) < 4.78 is 5.85. The van der Waals surface area contributed by atoms with Crippen LogP contribution in [0.2, 0.25) is 0 Å². The van der Waals surface area contributed by atoms with Gasteiger partial charge in [-0.25, -0.2) is 4.68 Å². The molecule has 0 saturated carbocycles. The van der Waals surface area contributed by atoms with Gasteiger partial charge in [-0.1, -0.05) is 0 Å². The number of ether oxygens (including phenoxy) is 1. The third kappa shape index (κ3) is 2.96. The van der Waals surface area contributed by atoms with Crippen LogP contribution >= 0.6 is 0 Å². The molecule has 1 N–H and O–H groups in total. The van der Waals surface area contributed by atoms with E-state index in [4.69, 9.17) is 4.74 Å². The molecular formula is C8H11N2O3. The monoisotopic (exact) mass is 183 g/mol. The molecule has 0 aromatic carbocycles. The SMILES string of the molecule is COC[C@@H](O)Cn1n[c]ccc1=O. The zero-order valence-corrected chi connectivity index (χ0v) is 7.30. The van der Waals surface area contributed by atoms with E-state index in [1.165, 1.54) is 19.2 Å². The van der Waals surface area contributed by atoms with Crippen molar-refractivity contribution in [3.05, 3.63) is 28.7 Å². The molecule has 5 nitrogen and oxygen atoms in total. The highest BCUT2D eigenvalue weighted by molar-refractivity contribution is 4.83. The van der Waals surface area contributed by atoms with Gasteiger partial charge in [0.15, 0.2) is 0 Å². The van der Waals surface area contributed by atoms with E-state index in [0.29, 0.717) is 0 Å². The predicted molar refractivity (Wildman–Crippen MR) is 45.2 cm³/mol. The van der Waals surface area contributed by atoms with Crippen LogP contribution in [0, 0.1) is 6.20 Å². The Kier molecular flexibility index (Phi) is 3.60. The summed E-state index contributed by atoms with van der Waals surface area (Å²) in [6.07, 6.45) is 1.79. The number of nitrogens with zero attached hydrogens (tertiary/aromatic N) is 2. The average Bonchev–Trinajstić information content (AvgIpc) is 2.09. The molecule has 0 fully saturated rings. The Hall–Kier alpha value is -1.20. The van der Waals surface area contributed by atoms with Crippen molar-refractivity contribution in [3.8, 4) is 0 Å². The summed E-state index contributed by atoms with van der Waals surface area (Å²) in [5.41, 5.74) is -0.256. The minimum Gasteiger partial charge on any atom is -0.389 e. The highest BCUT2D eigenvalue weighted by Gasteiger charge is 2.05. The summed E-state index contributed by atoms with van der Waals surface area (Å²) in [7, 11) is 1.48. The van der Waals surface area contributed by atoms with Gasteiger partial charge in [0, 0.05) is 13.2 Å². The lowest BCUT2D eigenvalue weighted by molar-refractivity contribution is 0.0504. The van der Waals surface area contributed by atoms with Crippen LogP contribution in [-0.4, -0.2) is 34.7 Å². The molecule has 0 amide bonds. The van der Waals surface area contributed by atoms with E-state index >= 15 is 0 Å². The lowest BCUT2D eigenvalue weighted by Gasteiger charge is -2.09.